The molecular weight excluding hydrogens is 427 g/mol. The molecule has 0 saturated heterocycles. The molecule has 0 saturated carbocycles. The van der Waals surface area contributed by atoms with Gasteiger partial charge in [-0.2, -0.15) is 0 Å². The van der Waals surface area contributed by atoms with Crippen molar-refractivity contribution in [2.24, 2.45) is 0 Å². The highest BCUT2D eigenvalue weighted by Gasteiger charge is 2.22. The van der Waals surface area contributed by atoms with Crippen LogP contribution in [-0.2, 0) is 11.3 Å². The summed E-state index contributed by atoms with van der Waals surface area (Å²) in [5.41, 5.74) is 0.740. The van der Waals surface area contributed by atoms with Gasteiger partial charge in [0.05, 0.1) is 10.3 Å². The van der Waals surface area contributed by atoms with Crippen LogP contribution in [0.4, 0.5) is 5.13 Å². The predicted octanol–water partition coefficient (Wildman–Crippen LogP) is 4.55. The molecule has 1 unspecified atom stereocenters. The van der Waals surface area contributed by atoms with Gasteiger partial charge in [-0.1, -0.05) is 46.3 Å². The Hall–Kier alpha value is -1.68. The third-order valence-electron chi connectivity index (χ3n) is 3.61. The SMILES string of the molecule is CCn1c(SC(C)C(=O)Nc2nnc(C)s2)nnc1-c1ccc(Cl)cc1Cl. The Kier molecular flexibility index (Phi) is 6.36. The molecule has 0 spiro atoms. The second-order valence-corrected chi connectivity index (χ2v) is 8.88. The van der Waals surface area contributed by atoms with Crippen molar-refractivity contribution in [2.45, 2.75) is 37.7 Å². The number of thioether (sulfide) groups is 1. The molecule has 2 heterocycles. The second kappa shape index (κ2) is 8.55. The standard InChI is InChI=1S/C16H16Cl2N6OS2/c1-4-24-13(11-6-5-10(17)7-12(11)18)21-23-16(24)26-8(2)14(25)19-15-22-20-9(3)27-15/h5-8H,4H2,1-3H3,(H,19,22,25). The quantitative estimate of drug-likeness (QED) is 0.563. The van der Waals surface area contributed by atoms with Gasteiger partial charge in [0.1, 0.15) is 5.01 Å². The smallest absolute Gasteiger partial charge is 0.239 e. The summed E-state index contributed by atoms with van der Waals surface area (Å²) in [6.45, 7) is 6.25. The molecule has 142 valence electrons. The number of carbonyl (C=O) groups is 1. The van der Waals surface area contributed by atoms with Gasteiger partial charge in [-0.25, -0.2) is 0 Å². The minimum Gasteiger partial charge on any atom is -0.302 e. The molecule has 0 radical (unpaired) electrons. The Balaban J connectivity index is 1.79. The number of anilines is 1. The van der Waals surface area contributed by atoms with Crippen molar-refractivity contribution in [1.29, 1.82) is 0 Å². The molecule has 0 fully saturated rings. The number of hydrogen-bond donors (Lipinski definition) is 1. The zero-order chi connectivity index (χ0) is 19.6. The number of carbonyl (C=O) groups excluding carboxylic acids is 1. The number of nitrogens with zero attached hydrogens (tertiary/aromatic N) is 5. The minimum atomic E-state index is -0.391. The van der Waals surface area contributed by atoms with Crippen LogP contribution in [0.5, 0.6) is 0 Å². The van der Waals surface area contributed by atoms with Crippen LogP contribution in [0, 0.1) is 6.92 Å². The van der Waals surface area contributed by atoms with Crippen molar-refractivity contribution < 1.29 is 4.79 Å². The van der Waals surface area contributed by atoms with Crippen LogP contribution >= 0.6 is 46.3 Å². The maximum absolute atomic E-state index is 12.4. The molecule has 3 rings (SSSR count). The van der Waals surface area contributed by atoms with Gasteiger partial charge in [-0.05, 0) is 39.0 Å². The second-order valence-electron chi connectivity index (χ2n) is 5.55. The van der Waals surface area contributed by atoms with E-state index in [1.807, 2.05) is 24.5 Å². The van der Waals surface area contributed by atoms with Crippen molar-refractivity contribution in [1.82, 2.24) is 25.0 Å². The fourth-order valence-corrected chi connectivity index (χ4v) is 4.30. The number of aryl methyl sites for hydroxylation is 1. The first-order chi connectivity index (χ1) is 12.9. The van der Waals surface area contributed by atoms with Crippen LogP contribution in [0.15, 0.2) is 23.4 Å². The normalized spacial score (nSPS) is 12.2. The van der Waals surface area contributed by atoms with Gasteiger partial charge >= 0.3 is 0 Å². The Morgan fingerprint density at radius 3 is 2.70 bits per heavy atom. The molecular formula is C16H16Cl2N6OS2. The van der Waals surface area contributed by atoms with Gasteiger partial charge in [0.15, 0.2) is 11.0 Å². The highest BCUT2D eigenvalue weighted by atomic mass is 35.5. The molecule has 27 heavy (non-hydrogen) atoms. The lowest BCUT2D eigenvalue weighted by Crippen LogP contribution is -2.22. The average Bonchev–Trinajstić information content (AvgIpc) is 3.20. The minimum absolute atomic E-state index is 0.173. The first kappa shape index (κ1) is 20.1. The van der Waals surface area contributed by atoms with E-state index >= 15 is 0 Å². The van der Waals surface area contributed by atoms with E-state index in [2.05, 4.69) is 25.7 Å². The topological polar surface area (TPSA) is 85.6 Å². The third kappa shape index (κ3) is 4.60. The fraction of sp³-hybridized carbons (Fsp3) is 0.312. The maximum atomic E-state index is 12.4. The Morgan fingerprint density at radius 2 is 2.07 bits per heavy atom. The lowest BCUT2D eigenvalue weighted by atomic mass is 10.2. The van der Waals surface area contributed by atoms with Crippen molar-refractivity contribution >= 4 is 57.3 Å². The van der Waals surface area contributed by atoms with Gasteiger partial charge in [0, 0.05) is 17.1 Å². The largest absolute Gasteiger partial charge is 0.302 e. The van der Waals surface area contributed by atoms with Crippen molar-refractivity contribution in [3.05, 3.63) is 33.3 Å². The molecule has 1 aromatic carbocycles. The number of amides is 1. The molecule has 11 heteroatoms. The number of aromatic nitrogens is 5. The van der Waals surface area contributed by atoms with Gasteiger partial charge < -0.3 is 4.57 Å². The number of hydrogen-bond acceptors (Lipinski definition) is 7. The van der Waals surface area contributed by atoms with Crippen LogP contribution in [0.3, 0.4) is 0 Å². The summed E-state index contributed by atoms with van der Waals surface area (Å²) in [4.78, 5) is 12.4. The van der Waals surface area contributed by atoms with Crippen LogP contribution in [0.2, 0.25) is 10.0 Å². The Bertz CT molecular complexity index is 974. The number of halogens is 2. The summed E-state index contributed by atoms with van der Waals surface area (Å²) in [5.74, 6) is 0.460. The van der Waals surface area contributed by atoms with Crippen molar-refractivity contribution in [3.8, 4) is 11.4 Å². The van der Waals surface area contributed by atoms with E-state index in [0.29, 0.717) is 32.7 Å². The van der Waals surface area contributed by atoms with Gasteiger partial charge in [0.25, 0.3) is 0 Å². The molecule has 3 aromatic rings. The molecule has 0 aliphatic rings. The zero-order valence-electron chi connectivity index (χ0n) is 14.7. The molecule has 7 nitrogen and oxygen atoms in total. The number of nitrogens with one attached hydrogen (secondary N) is 1. The highest BCUT2D eigenvalue weighted by Crippen LogP contribution is 2.32. The van der Waals surface area contributed by atoms with E-state index in [0.717, 1.165) is 10.6 Å². The van der Waals surface area contributed by atoms with Gasteiger partial charge in [-0.3, -0.25) is 10.1 Å². The summed E-state index contributed by atoms with van der Waals surface area (Å²) >= 11 is 14.9. The fourth-order valence-electron chi connectivity index (χ4n) is 2.30. The summed E-state index contributed by atoms with van der Waals surface area (Å²) in [7, 11) is 0. The van der Waals surface area contributed by atoms with Crippen LogP contribution < -0.4 is 5.32 Å². The average molecular weight is 443 g/mol. The van der Waals surface area contributed by atoms with E-state index in [-0.39, 0.29) is 5.91 Å². The molecule has 1 N–H and O–H groups in total. The summed E-state index contributed by atoms with van der Waals surface area (Å²) in [6.07, 6.45) is 0. The van der Waals surface area contributed by atoms with Crippen molar-refractivity contribution in [3.63, 3.8) is 0 Å². The monoisotopic (exact) mass is 442 g/mol. The van der Waals surface area contributed by atoms with E-state index in [1.165, 1.54) is 23.1 Å². The molecule has 2 aromatic heterocycles. The first-order valence-electron chi connectivity index (χ1n) is 8.05. The van der Waals surface area contributed by atoms with Gasteiger partial charge in [-0.15, -0.1) is 20.4 Å². The highest BCUT2D eigenvalue weighted by molar-refractivity contribution is 8.00. The van der Waals surface area contributed by atoms with E-state index < -0.39 is 5.25 Å². The maximum Gasteiger partial charge on any atom is 0.239 e. The van der Waals surface area contributed by atoms with Crippen LogP contribution in [0.25, 0.3) is 11.4 Å². The Morgan fingerprint density at radius 1 is 1.30 bits per heavy atom. The molecule has 0 aliphatic carbocycles. The van der Waals surface area contributed by atoms with Crippen LogP contribution in [-0.4, -0.2) is 36.1 Å². The van der Waals surface area contributed by atoms with Crippen LogP contribution in [0.1, 0.15) is 18.9 Å². The zero-order valence-corrected chi connectivity index (χ0v) is 17.9. The summed E-state index contributed by atoms with van der Waals surface area (Å²) in [6, 6.07) is 5.23. The lowest BCUT2D eigenvalue weighted by molar-refractivity contribution is -0.115. The third-order valence-corrected chi connectivity index (χ3v) is 6.00. The first-order valence-corrected chi connectivity index (χ1v) is 10.5. The van der Waals surface area contributed by atoms with Crippen molar-refractivity contribution in [2.75, 3.05) is 5.32 Å². The molecule has 1 atom stereocenters. The molecule has 0 bridgehead atoms. The number of benzene rings is 1. The molecule has 1 amide bonds. The lowest BCUT2D eigenvalue weighted by Gasteiger charge is -2.12. The number of rotatable bonds is 6. The molecule has 0 aliphatic heterocycles. The summed E-state index contributed by atoms with van der Waals surface area (Å²) in [5, 5.41) is 21.6. The van der Waals surface area contributed by atoms with E-state index in [9.17, 15) is 4.79 Å². The van der Waals surface area contributed by atoms with Gasteiger partial charge in [0.2, 0.25) is 11.0 Å². The van der Waals surface area contributed by atoms with E-state index in [1.54, 1.807) is 19.1 Å². The summed E-state index contributed by atoms with van der Waals surface area (Å²) < 4.78 is 1.92. The Labute approximate surface area is 174 Å². The predicted molar refractivity (Wildman–Crippen MR) is 110 cm³/mol. The van der Waals surface area contributed by atoms with E-state index in [4.69, 9.17) is 23.2 Å².